The molecule has 1 aromatic heterocycles. The smallest absolute Gasteiger partial charge is 0.319 e. The van der Waals surface area contributed by atoms with Crippen molar-refractivity contribution in [1.29, 1.82) is 0 Å². The minimum Gasteiger partial charge on any atom is -0.334 e. The first-order valence-corrected chi connectivity index (χ1v) is 10.7. The quantitative estimate of drug-likeness (QED) is 0.664. The van der Waals surface area contributed by atoms with E-state index in [1.165, 1.54) is 24.3 Å². The number of pyridine rings is 1. The van der Waals surface area contributed by atoms with Crippen LogP contribution in [0.2, 0.25) is 0 Å². The van der Waals surface area contributed by atoms with Gasteiger partial charge >= 0.3 is 6.03 Å². The minimum atomic E-state index is -3.95. The molecule has 1 aromatic carbocycles. The van der Waals surface area contributed by atoms with Crippen LogP contribution in [-0.2, 0) is 16.6 Å². The summed E-state index contributed by atoms with van der Waals surface area (Å²) < 4.78 is 54.3. The molecule has 1 aliphatic carbocycles. The number of aromatic nitrogens is 1. The van der Waals surface area contributed by atoms with Crippen LogP contribution in [0.5, 0.6) is 0 Å². The highest BCUT2D eigenvalue weighted by atomic mass is 32.2. The summed E-state index contributed by atoms with van der Waals surface area (Å²) >= 11 is 0. The molecule has 7 nitrogen and oxygen atoms in total. The van der Waals surface area contributed by atoms with Crippen molar-refractivity contribution in [2.24, 2.45) is 0 Å². The maximum absolute atomic E-state index is 13.9. The summed E-state index contributed by atoms with van der Waals surface area (Å²) in [6.07, 6.45) is 0.411. The predicted octanol–water partition coefficient (Wildman–Crippen LogP) is 2.91. The third kappa shape index (κ3) is 5.94. The van der Waals surface area contributed by atoms with Crippen LogP contribution < -0.4 is 15.4 Å². The number of anilines is 1. The second kappa shape index (κ2) is 9.27. The molecule has 1 aliphatic rings. The standard InChI is InChI=1S/C19H22F2N4O3S/c20-14-3-8-18(17(21)10-14)25-29(27,28)16-6-4-15(5-7-16)24-19(26)23-12-13-2-1-9-22-11-13/h1-2,4-7,9,11,14,17-18,25H,3,8,10,12H2,(H2,23,24,26). The van der Waals surface area contributed by atoms with Crippen LogP contribution in [-0.4, -0.2) is 37.8 Å². The molecule has 1 heterocycles. The lowest BCUT2D eigenvalue weighted by atomic mass is 9.93. The number of benzene rings is 1. The Bertz CT molecular complexity index is 926. The first kappa shape index (κ1) is 21.1. The molecule has 3 unspecified atom stereocenters. The zero-order valence-electron chi connectivity index (χ0n) is 15.5. The second-order valence-corrected chi connectivity index (χ2v) is 8.56. The number of carbonyl (C=O) groups excluding carboxylic acids is 1. The van der Waals surface area contributed by atoms with E-state index in [1.807, 2.05) is 6.07 Å². The molecule has 10 heteroatoms. The Labute approximate surface area is 168 Å². The van der Waals surface area contributed by atoms with Gasteiger partial charge in [0.15, 0.2) is 0 Å². The predicted molar refractivity (Wildman–Crippen MR) is 104 cm³/mol. The van der Waals surface area contributed by atoms with Gasteiger partial charge in [-0.15, -0.1) is 0 Å². The van der Waals surface area contributed by atoms with Crippen LogP contribution in [0.3, 0.4) is 0 Å². The van der Waals surface area contributed by atoms with Crippen LogP contribution in [0.15, 0.2) is 53.7 Å². The van der Waals surface area contributed by atoms with Gasteiger partial charge in [-0.25, -0.2) is 26.7 Å². The number of nitrogens with zero attached hydrogens (tertiary/aromatic N) is 1. The minimum absolute atomic E-state index is 0.0617. The lowest BCUT2D eigenvalue weighted by Crippen LogP contribution is -2.45. The number of hydrogen-bond donors (Lipinski definition) is 3. The third-order valence-corrected chi connectivity index (χ3v) is 6.12. The van der Waals surface area contributed by atoms with Crippen molar-refractivity contribution >= 4 is 21.7 Å². The summed E-state index contributed by atoms with van der Waals surface area (Å²) in [5, 5.41) is 5.26. The van der Waals surface area contributed by atoms with Crippen molar-refractivity contribution in [1.82, 2.24) is 15.0 Å². The fourth-order valence-electron chi connectivity index (χ4n) is 3.05. The summed E-state index contributed by atoms with van der Waals surface area (Å²) in [4.78, 5) is 15.8. The number of sulfonamides is 1. The molecule has 0 saturated heterocycles. The van der Waals surface area contributed by atoms with Crippen LogP contribution in [0.4, 0.5) is 19.3 Å². The van der Waals surface area contributed by atoms with E-state index >= 15 is 0 Å². The molecule has 0 spiro atoms. The Kier molecular flexibility index (Phi) is 6.75. The van der Waals surface area contributed by atoms with Gasteiger partial charge in [0.05, 0.1) is 10.9 Å². The van der Waals surface area contributed by atoms with Crippen molar-refractivity contribution in [2.45, 2.75) is 49.1 Å². The number of nitrogens with one attached hydrogen (secondary N) is 3. The van der Waals surface area contributed by atoms with E-state index in [-0.39, 0.29) is 24.2 Å². The van der Waals surface area contributed by atoms with E-state index in [4.69, 9.17) is 0 Å². The van der Waals surface area contributed by atoms with Crippen LogP contribution in [0.1, 0.15) is 24.8 Å². The Balaban J connectivity index is 1.55. The Morgan fingerprint density at radius 1 is 1.14 bits per heavy atom. The molecule has 0 aliphatic heterocycles. The molecule has 156 valence electrons. The fourth-order valence-corrected chi connectivity index (χ4v) is 4.34. The van der Waals surface area contributed by atoms with Crippen molar-refractivity contribution in [3.8, 4) is 0 Å². The van der Waals surface area contributed by atoms with Gasteiger partial charge in [0.2, 0.25) is 10.0 Å². The monoisotopic (exact) mass is 424 g/mol. The molecule has 1 fully saturated rings. The topological polar surface area (TPSA) is 100 Å². The number of alkyl halides is 2. The molecule has 2 aromatic rings. The van der Waals surface area contributed by atoms with Gasteiger partial charge in [-0.2, -0.15) is 0 Å². The summed E-state index contributed by atoms with van der Waals surface area (Å²) in [5.74, 6) is 0. The van der Waals surface area contributed by atoms with E-state index in [1.54, 1.807) is 18.5 Å². The van der Waals surface area contributed by atoms with Crippen LogP contribution in [0, 0.1) is 0 Å². The van der Waals surface area contributed by atoms with Crippen molar-refractivity contribution in [3.63, 3.8) is 0 Å². The molecular weight excluding hydrogens is 402 g/mol. The number of rotatable bonds is 6. The number of hydrogen-bond acceptors (Lipinski definition) is 4. The number of halogens is 2. The maximum atomic E-state index is 13.9. The van der Waals surface area contributed by atoms with E-state index in [0.717, 1.165) is 5.56 Å². The van der Waals surface area contributed by atoms with Crippen molar-refractivity contribution in [3.05, 3.63) is 54.4 Å². The molecule has 2 amide bonds. The normalized spacial score (nSPS) is 22.1. The number of amides is 2. The average molecular weight is 424 g/mol. The summed E-state index contributed by atoms with van der Waals surface area (Å²) in [6, 6.07) is 7.68. The lowest BCUT2D eigenvalue weighted by Gasteiger charge is -2.28. The molecule has 0 bridgehead atoms. The molecule has 3 atom stereocenters. The second-order valence-electron chi connectivity index (χ2n) is 6.85. The Morgan fingerprint density at radius 2 is 1.90 bits per heavy atom. The average Bonchev–Trinajstić information content (AvgIpc) is 2.70. The zero-order valence-corrected chi connectivity index (χ0v) is 16.3. The van der Waals surface area contributed by atoms with Gasteiger partial charge in [-0.1, -0.05) is 6.07 Å². The van der Waals surface area contributed by atoms with Gasteiger partial charge in [0.1, 0.15) is 12.3 Å². The van der Waals surface area contributed by atoms with E-state index in [2.05, 4.69) is 20.3 Å². The van der Waals surface area contributed by atoms with Gasteiger partial charge in [-0.3, -0.25) is 4.98 Å². The molecular formula is C19H22F2N4O3S. The Hall–Kier alpha value is -2.59. The highest BCUT2D eigenvalue weighted by Crippen LogP contribution is 2.25. The first-order chi connectivity index (χ1) is 13.8. The highest BCUT2D eigenvalue weighted by molar-refractivity contribution is 7.89. The van der Waals surface area contributed by atoms with Crippen molar-refractivity contribution < 1.29 is 22.0 Å². The highest BCUT2D eigenvalue weighted by Gasteiger charge is 2.33. The molecule has 0 radical (unpaired) electrons. The van der Waals surface area contributed by atoms with Crippen LogP contribution in [0.25, 0.3) is 0 Å². The van der Waals surface area contributed by atoms with E-state index < -0.39 is 34.4 Å². The number of carbonyl (C=O) groups is 1. The van der Waals surface area contributed by atoms with Crippen LogP contribution >= 0.6 is 0 Å². The van der Waals surface area contributed by atoms with Gasteiger partial charge in [0, 0.05) is 31.0 Å². The van der Waals surface area contributed by atoms with Crippen molar-refractivity contribution in [2.75, 3.05) is 5.32 Å². The lowest BCUT2D eigenvalue weighted by molar-refractivity contribution is 0.131. The number of urea groups is 1. The van der Waals surface area contributed by atoms with Gasteiger partial charge < -0.3 is 10.6 Å². The zero-order chi connectivity index (χ0) is 20.9. The Morgan fingerprint density at radius 3 is 2.55 bits per heavy atom. The van der Waals surface area contributed by atoms with E-state index in [9.17, 15) is 22.0 Å². The SMILES string of the molecule is O=C(NCc1cccnc1)Nc1ccc(S(=O)(=O)NC2CCC(F)CC2F)cc1. The van der Waals surface area contributed by atoms with Gasteiger partial charge in [0.25, 0.3) is 0 Å². The first-order valence-electron chi connectivity index (χ1n) is 9.18. The van der Waals surface area contributed by atoms with Gasteiger partial charge in [-0.05, 0) is 48.7 Å². The molecule has 1 saturated carbocycles. The third-order valence-electron chi connectivity index (χ3n) is 4.61. The summed E-state index contributed by atoms with van der Waals surface area (Å²) in [5.41, 5.74) is 1.23. The van der Waals surface area contributed by atoms with E-state index in [0.29, 0.717) is 12.2 Å². The molecule has 29 heavy (non-hydrogen) atoms. The fraction of sp³-hybridized carbons (Fsp3) is 0.368. The summed E-state index contributed by atoms with van der Waals surface area (Å²) in [7, 11) is -3.95. The summed E-state index contributed by atoms with van der Waals surface area (Å²) in [6.45, 7) is 0.293. The maximum Gasteiger partial charge on any atom is 0.319 e. The molecule has 3 rings (SSSR count). The molecule has 3 N–H and O–H groups in total. The largest absolute Gasteiger partial charge is 0.334 e.